The Morgan fingerprint density at radius 1 is 1.14 bits per heavy atom. The first-order valence-electron chi connectivity index (χ1n) is 11.4. The van der Waals surface area contributed by atoms with E-state index >= 15 is 0 Å². The number of carbonyl (C=O) groups is 1. The zero-order valence-electron chi connectivity index (χ0n) is 19.6. The number of amides is 1. The van der Waals surface area contributed by atoms with Gasteiger partial charge in [-0.15, -0.1) is 0 Å². The largest absolute Gasteiger partial charge is 0.496 e. The van der Waals surface area contributed by atoms with Gasteiger partial charge in [-0.25, -0.2) is 18.1 Å². The molecule has 9 heteroatoms. The van der Waals surface area contributed by atoms with Gasteiger partial charge >= 0.3 is 0 Å². The molecule has 0 spiro atoms. The average Bonchev–Trinajstić information content (AvgIpc) is 3.41. The van der Waals surface area contributed by atoms with E-state index in [9.17, 15) is 13.2 Å². The molecule has 1 aliphatic heterocycles. The van der Waals surface area contributed by atoms with E-state index in [1.54, 1.807) is 17.9 Å². The fourth-order valence-electron chi connectivity index (χ4n) is 4.59. The van der Waals surface area contributed by atoms with E-state index < -0.39 is 9.84 Å². The van der Waals surface area contributed by atoms with Crippen LogP contribution in [0.25, 0.3) is 22.3 Å². The Labute approximate surface area is 203 Å². The summed E-state index contributed by atoms with van der Waals surface area (Å²) >= 11 is 0. The number of hydrogen-bond donors (Lipinski definition) is 1. The van der Waals surface area contributed by atoms with Crippen molar-refractivity contribution in [2.45, 2.75) is 25.9 Å². The smallest absolute Gasteiger partial charge is 0.252 e. The van der Waals surface area contributed by atoms with Gasteiger partial charge in [-0.3, -0.25) is 4.79 Å². The molecule has 0 bridgehead atoms. The van der Waals surface area contributed by atoms with E-state index in [2.05, 4.69) is 10.4 Å². The molecule has 1 fully saturated rings. The van der Waals surface area contributed by atoms with Crippen molar-refractivity contribution in [2.75, 3.05) is 18.6 Å². The highest BCUT2D eigenvalue weighted by Gasteiger charge is 2.32. The van der Waals surface area contributed by atoms with Crippen molar-refractivity contribution in [3.8, 4) is 17.0 Å². The van der Waals surface area contributed by atoms with E-state index in [-0.39, 0.29) is 23.5 Å². The van der Waals surface area contributed by atoms with Crippen LogP contribution < -0.4 is 10.1 Å². The second-order valence-corrected chi connectivity index (χ2v) is 10.9. The highest BCUT2D eigenvalue weighted by molar-refractivity contribution is 7.91. The number of fused-ring (bicyclic) bond motifs is 1. The van der Waals surface area contributed by atoms with Crippen molar-refractivity contribution in [1.29, 1.82) is 0 Å². The molecule has 1 saturated heterocycles. The third-order valence-corrected chi connectivity index (χ3v) is 8.09. The van der Waals surface area contributed by atoms with E-state index in [0.29, 0.717) is 46.7 Å². The average molecular weight is 491 g/mol. The molecule has 0 saturated carbocycles. The van der Waals surface area contributed by atoms with Crippen molar-refractivity contribution >= 4 is 26.8 Å². The predicted molar refractivity (Wildman–Crippen MR) is 134 cm³/mol. The molecule has 8 nitrogen and oxygen atoms in total. The van der Waals surface area contributed by atoms with E-state index in [4.69, 9.17) is 9.72 Å². The number of ether oxygens (including phenoxy) is 1. The lowest BCUT2D eigenvalue weighted by atomic mass is 10.0. The minimum absolute atomic E-state index is 0.0236. The number of nitrogens with zero attached hydrogens (tertiary/aromatic N) is 3. The fraction of sp³-hybridized carbons (Fsp3) is 0.269. The lowest BCUT2D eigenvalue weighted by Crippen LogP contribution is -2.23. The summed E-state index contributed by atoms with van der Waals surface area (Å²) in [7, 11) is -1.52. The van der Waals surface area contributed by atoms with Gasteiger partial charge in [0.1, 0.15) is 5.75 Å². The Kier molecular flexibility index (Phi) is 6.02. The van der Waals surface area contributed by atoms with Crippen LogP contribution in [-0.2, 0) is 16.4 Å². The minimum atomic E-state index is -3.12. The number of rotatable bonds is 6. The predicted octanol–water partition coefficient (Wildman–Crippen LogP) is 3.70. The van der Waals surface area contributed by atoms with Gasteiger partial charge in [0.05, 0.1) is 47.0 Å². The van der Waals surface area contributed by atoms with Crippen molar-refractivity contribution in [3.05, 3.63) is 77.5 Å². The molecule has 1 amide bonds. The Morgan fingerprint density at radius 2 is 1.89 bits per heavy atom. The summed E-state index contributed by atoms with van der Waals surface area (Å²) in [5, 5.41) is 8.28. The zero-order chi connectivity index (χ0) is 24.6. The van der Waals surface area contributed by atoms with E-state index in [0.717, 1.165) is 11.1 Å². The molecule has 35 heavy (non-hydrogen) atoms. The summed E-state index contributed by atoms with van der Waals surface area (Å²) < 4.78 is 31.4. The number of carbonyl (C=O) groups excluding carboxylic acids is 1. The van der Waals surface area contributed by atoms with Crippen molar-refractivity contribution in [2.24, 2.45) is 0 Å². The topological polar surface area (TPSA) is 103 Å². The Balaban J connectivity index is 1.60. The molecule has 180 valence electrons. The number of pyridine rings is 1. The highest BCUT2D eigenvalue weighted by atomic mass is 32.2. The molecule has 1 atom stereocenters. The normalized spacial score (nSPS) is 16.9. The monoisotopic (exact) mass is 490 g/mol. The van der Waals surface area contributed by atoms with Gasteiger partial charge in [0.25, 0.3) is 5.91 Å². The van der Waals surface area contributed by atoms with Gasteiger partial charge in [0, 0.05) is 17.7 Å². The van der Waals surface area contributed by atoms with Crippen molar-refractivity contribution < 1.29 is 17.9 Å². The van der Waals surface area contributed by atoms with E-state index in [1.165, 1.54) is 0 Å². The van der Waals surface area contributed by atoms with Crippen molar-refractivity contribution in [3.63, 3.8) is 0 Å². The molecule has 5 rings (SSSR count). The summed E-state index contributed by atoms with van der Waals surface area (Å²) in [6.07, 6.45) is 0.477. The van der Waals surface area contributed by atoms with Gasteiger partial charge < -0.3 is 10.1 Å². The van der Waals surface area contributed by atoms with Gasteiger partial charge in [0.15, 0.2) is 15.5 Å². The number of para-hydroxylation sites is 1. The van der Waals surface area contributed by atoms with Gasteiger partial charge in [-0.05, 0) is 25.5 Å². The molecular weight excluding hydrogens is 464 g/mol. The third kappa shape index (κ3) is 4.51. The van der Waals surface area contributed by atoms with Crippen LogP contribution in [-0.4, -0.2) is 47.7 Å². The van der Waals surface area contributed by atoms with Crippen molar-refractivity contribution in [1.82, 2.24) is 20.1 Å². The van der Waals surface area contributed by atoms with Crippen LogP contribution in [0.15, 0.2) is 60.7 Å². The molecule has 2 aromatic heterocycles. The second kappa shape index (κ2) is 9.14. The number of aryl methyl sites for hydroxylation is 1. The van der Waals surface area contributed by atoms with Gasteiger partial charge in [-0.2, -0.15) is 5.10 Å². The number of sulfone groups is 1. The molecule has 1 N–H and O–H groups in total. The summed E-state index contributed by atoms with van der Waals surface area (Å²) in [4.78, 5) is 18.3. The van der Waals surface area contributed by atoms with Crippen LogP contribution in [0.1, 0.15) is 34.1 Å². The van der Waals surface area contributed by atoms with Crippen LogP contribution in [0.3, 0.4) is 0 Å². The van der Waals surface area contributed by atoms with Gasteiger partial charge in [-0.1, -0.05) is 48.5 Å². The lowest BCUT2D eigenvalue weighted by molar-refractivity contribution is 0.0952. The van der Waals surface area contributed by atoms with Crippen LogP contribution in [0, 0.1) is 6.92 Å². The number of nitrogens with one attached hydrogen (secondary N) is 1. The molecule has 0 radical (unpaired) electrons. The zero-order valence-corrected chi connectivity index (χ0v) is 20.4. The fourth-order valence-corrected chi connectivity index (χ4v) is 6.28. The maximum Gasteiger partial charge on any atom is 0.252 e. The second-order valence-electron chi connectivity index (χ2n) is 8.70. The molecule has 1 aliphatic rings. The van der Waals surface area contributed by atoms with E-state index in [1.807, 2.05) is 61.5 Å². The van der Waals surface area contributed by atoms with Crippen LogP contribution >= 0.6 is 0 Å². The highest BCUT2D eigenvalue weighted by Crippen LogP contribution is 2.32. The minimum Gasteiger partial charge on any atom is -0.496 e. The van der Waals surface area contributed by atoms with Crippen LogP contribution in [0.5, 0.6) is 5.75 Å². The summed E-state index contributed by atoms with van der Waals surface area (Å²) in [5.41, 5.74) is 3.96. The number of hydrogen-bond acceptors (Lipinski definition) is 6. The van der Waals surface area contributed by atoms with Crippen LogP contribution in [0.4, 0.5) is 0 Å². The van der Waals surface area contributed by atoms with Gasteiger partial charge in [0.2, 0.25) is 0 Å². The first kappa shape index (κ1) is 23.0. The Morgan fingerprint density at radius 3 is 2.60 bits per heavy atom. The Bertz CT molecular complexity index is 1510. The quantitative estimate of drug-likeness (QED) is 0.442. The Hall–Kier alpha value is -3.72. The first-order valence-corrected chi connectivity index (χ1v) is 13.2. The maximum absolute atomic E-state index is 13.5. The number of benzene rings is 2. The molecule has 2 aromatic carbocycles. The summed E-state index contributed by atoms with van der Waals surface area (Å²) in [6, 6.07) is 18.6. The molecule has 3 heterocycles. The molecular formula is C26H26N4O4S. The van der Waals surface area contributed by atoms with Crippen LogP contribution in [0.2, 0.25) is 0 Å². The number of aromatic nitrogens is 3. The maximum atomic E-state index is 13.5. The molecule has 0 aliphatic carbocycles. The standard InChI is InChI=1S/C26H26N4O4S/c1-17-24-21(26(31)27-15-19-10-6-7-11-23(19)34-2)14-22(18-8-4-3-5-9-18)28-25(24)30(29-17)20-12-13-35(32,33)16-20/h3-11,14,20H,12-13,15-16H2,1-2H3,(H,27,31)/t20-/m1/s1. The molecule has 0 unspecified atom stereocenters. The first-order chi connectivity index (χ1) is 16.9. The SMILES string of the molecule is COc1ccccc1CNC(=O)c1cc(-c2ccccc2)nc2c1c(C)nn2[C@@H]1CCS(=O)(=O)C1. The summed E-state index contributed by atoms with van der Waals surface area (Å²) in [5.74, 6) is 0.588. The number of methoxy groups -OCH3 is 1. The third-order valence-electron chi connectivity index (χ3n) is 6.34. The molecule has 4 aromatic rings. The lowest BCUT2D eigenvalue weighted by Gasteiger charge is -2.13. The summed E-state index contributed by atoms with van der Waals surface area (Å²) in [6.45, 7) is 2.12.